The van der Waals surface area contributed by atoms with E-state index in [-0.39, 0.29) is 0 Å². The average Bonchev–Trinajstić information content (AvgIpc) is 2.65. The quantitative estimate of drug-likeness (QED) is 0.683. The van der Waals surface area contributed by atoms with Gasteiger partial charge in [-0.05, 0) is 44.6 Å². The molecule has 3 unspecified atom stereocenters. The van der Waals surface area contributed by atoms with Crippen molar-refractivity contribution < 1.29 is 0 Å². The molecule has 1 heteroatoms. The Bertz CT molecular complexity index is 223. The highest BCUT2D eigenvalue weighted by Crippen LogP contribution is 2.33. The fraction of sp³-hybridized carbons (Fsp3) is 0.857. The van der Waals surface area contributed by atoms with E-state index in [1.54, 1.807) is 0 Å². The summed E-state index contributed by atoms with van der Waals surface area (Å²) in [4.78, 5) is 0. The molecule has 0 amide bonds. The maximum absolute atomic E-state index is 3.66. The first-order valence-electron chi connectivity index (χ1n) is 6.40. The molecule has 0 aliphatic heterocycles. The van der Waals surface area contributed by atoms with E-state index in [4.69, 9.17) is 0 Å². The van der Waals surface area contributed by atoms with Gasteiger partial charge in [-0.3, -0.25) is 0 Å². The van der Waals surface area contributed by atoms with Gasteiger partial charge < -0.3 is 5.32 Å². The third-order valence-corrected chi connectivity index (χ3v) is 3.46. The summed E-state index contributed by atoms with van der Waals surface area (Å²) in [6.45, 7) is 7.68. The zero-order chi connectivity index (χ0) is 11.1. The zero-order valence-corrected chi connectivity index (χ0v) is 10.5. The SMILES string of the molecule is CC#CCC(NCCC)C1CCC(C)C1. The van der Waals surface area contributed by atoms with Gasteiger partial charge in [0.1, 0.15) is 0 Å². The van der Waals surface area contributed by atoms with E-state index in [9.17, 15) is 0 Å². The van der Waals surface area contributed by atoms with Crippen LogP contribution in [0.3, 0.4) is 0 Å². The van der Waals surface area contributed by atoms with E-state index in [0.29, 0.717) is 6.04 Å². The predicted octanol–water partition coefficient (Wildman–Crippen LogP) is 3.20. The van der Waals surface area contributed by atoms with Gasteiger partial charge >= 0.3 is 0 Å². The van der Waals surface area contributed by atoms with Crippen LogP contribution in [0.15, 0.2) is 0 Å². The normalized spacial score (nSPS) is 27.1. The van der Waals surface area contributed by atoms with Gasteiger partial charge in [0.2, 0.25) is 0 Å². The maximum atomic E-state index is 3.66. The molecule has 1 saturated carbocycles. The molecule has 1 rings (SSSR count). The number of hydrogen-bond donors (Lipinski definition) is 1. The van der Waals surface area contributed by atoms with Crippen LogP contribution >= 0.6 is 0 Å². The molecule has 0 aromatic heterocycles. The molecule has 0 aromatic carbocycles. The second-order valence-corrected chi connectivity index (χ2v) is 4.87. The molecule has 3 atom stereocenters. The van der Waals surface area contributed by atoms with Crippen molar-refractivity contribution in [1.29, 1.82) is 0 Å². The number of rotatable bonds is 5. The third kappa shape index (κ3) is 4.26. The average molecular weight is 207 g/mol. The Morgan fingerprint density at radius 1 is 1.40 bits per heavy atom. The highest BCUT2D eigenvalue weighted by molar-refractivity contribution is 5.00. The molecule has 1 fully saturated rings. The minimum absolute atomic E-state index is 0.641. The molecule has 0 aromatic rings. The van der Waals surface area contributed by atoms with E-state index in [1.807, 2.05) is 6.92 Å². The summed E-state index contributed by atoms with van der Waals surface area (Å²) in [6.07, 6.45) is 6.46. The van der Waals surface area contributed by atoms with Crippen molar-refractivity contribution >= 4 is 0 Å². The van der Waals surface area contributed by atoms with Crippen molar-refractivity contribution in [3.8, 4) is 11.8 Å². The summed E-state index contributed by atoms with van der Waals surface area (Å²) in [6, 6.07) is 0.641. The van der Waals surface area contributed by atoms with Crippen LogP contribution in [0.25, 0.3) is 0 Å². The van der Waals surface area contributed by atoms with E-state index in [1.165, 1.54) is 25.7 Å². The predicted molar refractivity (Wildman–Crippen MR) is 66.7 cm³/mol. The highest BCUT2D eigenvalue weighted by Gasteiger charge is 2.27. The first-order valence-corrected chi connectivity index (χ1v) is 6.40. The minimum atomic E-state index is 0.641. The standard InChI is InChI=1S/C14H25N/c1-4-6-7-14(15-10-5-2)13-9-8-12(3)11-13/h12-15H,5,7-11H2,1-3H3. The second kappa shape index (κ2) is 6.90. The summed E-state index contributed by atoms with van der Waals surface area (Å²) >= 11 is 0. The Balaban J connectivity index is 2.42. The van der Waals surface area contributed by atoms with Gasteiger partial charge in [0.25, 0.3) is 0 Å². The van der Waals surface area contributed by atoms with Crippen LogP contribution in [-0.4, -0.2) is 12.6 Å². The van der Waals surface area contributed by atoms with Gasteiger partial charge in [-0.25, -0.2) is 0 Å². The van der Waals surface area contributed by atoms with Crippen LogP contribution in [0.1, 0.15) is 52.9 Å². The summed E-state index contributed by atoms with van der Waals surface area (Å²) in [5.41, 5.74) is 0. The van der Waals surface area contributed by atoms with Gasteiger partial charge in [0.15, 0.2) is 0 Å². The first-order chi connectivity index (χ1) is 7.27. The van der Waals surface area contributed by atoms with Gasteiger partial charge in [0.05, 0.1) is 0 Å². The topological polar surface area (TPSA) is 12.0 Å². The maximum Gasteiger partial charge on any atom is 0.0245 e. The number of hydrogen-bond acceptors (Lipinski definition) is 1. The van der Waals surface area contributed by atoms with Crippen LogP contribution < -0.4 is 5.32 Å². The molecule has 86 valence electrons. The lowest BCUT2D eigenvalue weighted by molar-refractivity contribution is 0.355. The van der Waals surface area contributed by atoms with E-state index >= 15 is 0 Å². The Morgan fingerprint density at radius 2 is 2.20 bits per heavy atom. The van der Waals surface area contributed by atoms with E-state index in [2.05, 4.69) is 31.0 Å². The first kappa shape index (κ1) is 12.6. The van der Waals surface area contributed by atoms with Crippen molar-refractivity contribution in [3.63, 3.8) is 0 Å². The van der Waals surface area contributed by atoms with Crippen molar-refractivity contribution in [1.82, 2.24) is 5.32 Å². The Kier molecular flexibility index (Phi) is 5.79. The molecule has 1 aliphatic carbocycles. The van der Waals surface area contributed by atoms with Gasteiger partial charge in [-0.1, -0.05) is 20.3 Å². The summed E-state index contributed by atoms with van der Waals surface area (Å²) in [5.74, 6) is 8.05. The fourth-order valence-electron chi connectivity index (χ4n) is 2.56. The molecule has 0 saturated heterocycles. The largest absolute Gasteiger partial charge is 0.313 e. The van der Waals surface area contributed by atoms with Crippen molar-refractivity contribution in [2.24, 2.45) is 11.8 Å². The highest BCUT2D eigenvalue weighted by atomic mass is 14.9. The molecule has 1 nitrogen and oxygen atoms in total. The lowest BCUT2D eigenvalue weighted by atomic mass is 9.94. The smallest absolute Gasteiger partial charge is 0.0245 e. The van der Waals surface area contributed by atoms with Crippen molar-refractivity contribution in [3.05, 3.63) is 0 Å². The van der Waals surface area contributed by atoms with Crippen LogP contribution in [0, 0.1) is 23.7 Å². The van der Waals surface area contributed by atoms with Crippen molar-refractivity contribution in [2.75, 3.05) is 6.54 Å². The lowest BCUT2D eigenvalue weighted by Gasteiger charge is -2.23. The van der Waals surface area contributed by atoms with Crippen LogP contribution in [0.5, 0.6) is 0 Å². The van der Waals surface area contributed by atoms with Crippen LogP contribution in [0.2, 0.25) is 0 Å². The van der Waals surface area contributed by atoms with Crippen LogP contribution in [0.4, 0.5) is 0 Å². The van der Waals surface area contributed by atoms with Gasteiger partial charge in [-0.2, -0.15) is 0 Å². The molecule has 1 aliphatic rings. The monoisotopic (exact) mass is 207 g/mol. The van der Waals surface area contributed by atoms with Crippen LogP contribution in [-0.2, 0) is 0 Å². The Hall–Kier alpha value is -0.480. The second-order valence-electron chi connectivity index (χ2n) is 4.87. The molecule has 0 radical (unpaired) electrons. The molecule has 1 N–H and O–H groups in total. The molecule has 0 bridgehead atoms. The van der Waals surface area contributed by atoms with Gasteiger partial charge in [0, 0.05) is 12.5 Å². The Labute approximate surface area is 95.0 Å². The lowest BCUT2D eigenvalue weighted by Crippen LogP contribution is -2.35. The molecular weight excluding hydrogens is 182 g/mol. The fourth-order valence-corrected chi connectivity index (χ4v) is 2.56. The van der Waals surface area contributed by atoms with E-state index < -0.39 is 0 Å². The summed E-state index contributed by atoms with van der Waals surface area (Å²) < 4.78 is 0. The van der Waals surface area contributed by atoms with E-state index in [0.717, 1.165) is 24.8 Å². The summed E-state index contributed by atoms with van der Waals surface area (Å²) in [7, 11) is 0. The zero-order valence-electron chi connectivity index (χ0n) is 10.5. The minimum Gasteiger partial charge on any atom is -0.313 e. The molecule has 0 heterocycles. The van der Waals surface area contributed by atoms with Crippen molar-refractivity contribution in [2.45, 2.75) is 58.9 Å². The molecule has 15 heavy (non-hydrogen) atoms. The number of nitrogens with one attached hydrogen (secondary N) is 1. The van der Waals surface area contributed by atoms with Gasteiger partial charge in [-0.15, -0.1) is 11.8 Å². The summed E-state index contributed by atoms with van der Waals surface area (Å²) in [5, 5.41) is 3.66. The molecular formula is C14H25N. The molecule has 0 spiro atoms. The third-order valence-electron chi connectivity index (χ3n) is 3.46. The Morgan fingerprint density at radius 3 is 2.73 bits per heavy atom.